The second kappa shape index (κ2) is 6.00. The Balaban J connectivity index is 2.62. The van der Waals surface area contributed by atoms with Gasteiger partial charge in [0.15, 0.2) is 0 Å². The lowest BCUT2D eigenvalue weighted by molar-refractivity contribution is -0.118. The third kappa shape index (κ3) is 4.24. The predicted octanol–water partition coefficient (Wildman–Crippen LogP) is -0.0367. The molecule has 1 aromatic carbocycles. The standard InChI is InChI=1S/C12H17N3O2/c1-14-12(17)10-5-3-9(4-6-10)7-15(2)8-11(13)16/h3-6H,7-8H2,1-2H3,(H2,13,16)(H,14,17). The summed E-state index contributed by atoms with van der Waals surface area (Å²) in [5, 5.41) is 2.56. The van der Waals surface area contributed by atoms with Crippen LogP contribution in [0, 0.1) is 0 Å². The molecule has 1 rings (SSSR count). The fraction of sp³-hybridized carbons (Fsp3) is 0.333. The highest BCUT2D eigenvalue weighted by Gasteiger charge is 2.05. The largest absolute Gasteiger partial charge is 0.369 e. The molecule has 2 amide bonds. The van der Waals surface area contributed by atoms with Crippen molar-refractivity contribution in [3.63, 3.8) is 0 Å². The highest BCUT2D eigenvalue weighted by molar-refractivity contribution is 5.93. The van der Waals surface area contributed by atoms with Crippen molar-refractivity contribution in [1.82, 2.24) is 10.2 Å². The van der Waals surface area contributed by atoms with Crippen molar-refractivity contribution in [2.45, 2.75) is 6.54 Å². The Bertz CT molecular complexity index is 401. The Morgan fingerprint density at radius 1 is 1.29 bits per heavy atom. The molecule has 17 heavy (non-hydrogen) atoms. The summed E-state index contributed by atoms with van der Waals surface area (Å²) in [7, 11) is 3.41. The van der Waals surface area contributed by atoms with E-state index in [2.05, 4.69) is 5.32 Å². The number of benzene rings is 1. The van der Waals surface area contributed by atoms with Gasteiger partial charge in [0.05, 0.1) is 6.54 Å². The quantitative estimate of drug-likeness (QED) is 0.752. The zero-order valence-corrected chi connectivity index (χ0v) is 10.1. The number of likely N-dealkylation sites (N-methyl/N-ethyl adjacent to an activating group) is 1. The smallest absolute Gasteiger partial charge is 0.251 e. The van der Waals surface area contributed by atoms with Gasteiger partial charge in [-0.2, -0.15) is 0 Å². The maximum Gasteiger partial charge on any atom is 0.251 e. The average Bonchev–Trinajstić information content (AvgIpc) is 2.28. The number of nitrogens with zero attached hydrogens (tertiary/aromatic N) is 1. The first kappa shape index (κ1) is 13.2. The molecule has 0 saturated heterocycles. The zero-order valence-electron chi connectivity index (χ0n) is 10.1. The molecule has 0 saturated carbocycles. The van der Waals surface area contributed by atoms with Crippen LogP contribution in [0.3, 0.4) is 0 Å². The summed E-state index contributed by atoms with van der Waals surface area (Å²) in [4.78, 5) is 23.8. The van der Waals surface area contributed by atoms with Crippen molar-refractivity contribution in [2.24, 2.45) is 5.73 Å². The lowest BCUT2D eigenvalue weighted by atomic mass is 10.1. The van der Waals surface area contributed by atoms with Crippen molar-refractivity contribution in [3.05, 3.63) is 35.4 Å². The molecule has 0 aliphatic rings. The number of amides is 2. The lowest BCUT2D eigenvalue weighted by Crippen LogP contribution is -2.30. The van der Waals surface area contributed by atoms with E-state index in [0.29, 0.717) is 12.1 Å². The van der Waals surface area contributed by atoms with Crippen LogP contribution in [0.2, 0.25) is 0 Å². The van der Waals surface area contributed by atoms with Gasteiger partial charge in [-0.05, 0) is 24.7 Å². The molecule has 92 valence electrons. The maximum atomic E-state index is 11.3. The van der Waals surface area contributed by atoms with Crippen molar-refractivity contribution >= 4 is 11.8 Å². The molecule has 0 bridgehead atoms. The highest BCUT2D eigenvalue weighted by Crippen LogP contribution is 2.06. The Kier molecular flexibility index (Phi) is 4.66. The number of rotatable bonds is 5. The first-order chi connectivity index (χ1) is 8.02. The van der Waals surface area contributed by atoms with Gasteiger partial charge in [0, 0.05) is 19.2 Å². The first-order valence-electron chi connectivity index (χ1n) is 5.31. The van der Waals surface area contributed by atoms with Gasteiger partial charge in [-0.25, -0.2) is 0 Å². The topological polar surface area (TPSA) is 75.4 Å². The van der Waals surface area contributed by atoms with Gasteiger partial charge >= 0.3 is 0 Å². The molecule has 0 heterocycles. The third-order valence-electron chi connectivity index (χ3n) is 2.32. The molecule has 0 aromatic heterocycles. The molecule has 5 nitrogen and oxygen atoms in total. The van der Waals surface area contributed by atoms with Gasteiger partial charge in [-0.3, -0.25) is 14.5 Å². The van der Waals surface area contributed by atoms with E-state index in [1.165, 1.54) is 0 Å². The Labute approximate surface area is 101 Å². The number of carbonyl (C=O) groups is 2. The van der Waals surface area contributed by atoms with Crippen LogP contribution < -0.4 is 11.1 Å². The molecule has 0 spiro atoms. The molecular weight excluding hydrogens is 218 g/mol. The van der Waals surface area contributed by atoms with Gasteiger partial charge < -0.3 is 11.1 Å². The molecule has 0 unspecified atom stereocenters. The summed E-state index contributed by atoms with van der Waals surface area (Å²) >= 11 is 0. The SMILES string of the molecule is CNC(=O)c1ccc(CN(C)CC(N)=O)cc1. The minimum Gasteiger partial charge on any atom is -0.369 e. The Hall–Kier alpha value is -1.88. The van der Waals surface area contributed by atoms with Crippen LogP contribution in [0.15, 0.2) is 24.3 Å². The van der Waals surface area contributed by atoms with E-state index >= 15 is 0 Å². The van der Waals surface area contributed by atoms with E-state index in [-0.39, 0.29) is 18.4 Å². The van der Waals surface area contributed by atoms with E-state index in [1.54, 1.807) is 19.2 Å². The van der Waals surface area contributed by atoms with Crippen LogP contribution in [-0.2, 0) is 11.3 Å². The van der Waals surface area contributed by atoms with Crippen molar-refractivity contribution < 1.29 is 9.59 Å². The summed E-state index contributed by atoms with van der Waals surface area (Å²) in [6.07, 6.45) is 0. The zero-order chi connectivity index (χ0) is 12.8. The van der Waals surface area contributed by atoms with Crippen LogP contribution >= 0.6 is 0 Å². The molecule has 0 aliphatic heterocycles. The predicted molar refractivity (Wildman–Crippen MR) is 65.4 cm³/mol. The fourth-order valence-corrected chi connectivity index (χ4v) is 1.54. The Morgan fingerprint density at radius 3 is 2.35 bits per heavy atom. The van der Waals surface area contributed by atoms with Gasteiger partial charge in [0.25, 0.3) is 5.91 Å². The molecule has 0 fully saturated rings. The van der Waals surface area contributed by atoms with Crippen LogP contribution in [0.5, 0.6) is 0 Å². The van der Waals surface area contributed by atoms with Crippen molar-refractivity contribution in [3.8, 4) is 0 Å². The van der Waals surface area contributed by atoms with Gasteiger partial charge in [0.1, 0.15) is 0 Å². The number of carbonyl (C=O) groups excluding carboxylic acids is 2. The molecule has 0 aliphatic carbocycles. The second-order valence-corrected chi connectivity index (χ2v) is 3.91. The Morgan fingerprint density at radius 2 is 1.88 bits per heavy atom. The van der Waals surface area contributed by atoms with Gasteiger partial charge in [0.2, 0.25) is 5.91 Å². The molecule has 1 aromatic rings. The van der Waals surface area contributed by atoms with Crippen LogP contribution in [0.4, 0.5) is 0 Å². The van der Waals surface area contributed by atoms with Gasteiger partial charge in [-0.15, -0.1) is 0 Å². The van der Waals surface area contributed by atoms with E-state index in [0.717, 1.165) is 5.56 Å². The van der Waals surface area contributed by atoms with E-state index in [4.69, 9.17) is 5.73 Å². The molecule has 5 heteroatoms. The summed E-state index contributed by atoms with van der Waals surface area (Å²) in [5.74, 6) is -0.462. The molecule has 0 atom stereocenters. The van der Waals surface area contributed by atoms with Crippen LogP contribution in [0.1, 0.15) is 15.9 Å². The summed E-state index contributed by atoms with van der Waals surface area (Å²) < 4.78 is 0. The van der Waals surface area contributed by atoms with Crippen molar-refractivity contribution in [1.29, 1.82) is 0 Å². The summed E-state index contributed by atoms with van der Waals surface area (Å²) in [5.41, 5.74) is 6.74. The first-order valence-corrected chi connectivity index (χ1v) is 5.31. The third-order valence-corrected chi connectivity index (χ3v) is 2.32. The van der Waals surface area contributed by atoms with Crippen molar-refractivity contribution in [2.75, 3.05) is 20.6 Å². The highest BCUT2D eigenvalue weighted by atomic mass is 16.2. The van der Waals surface area contributed by atoms with Crippen LogP contribution in [-0.4, -0.2) is 37.4 Å². The number of hydrogen-bond acceptors (Lipinski definition) is 3. The maximum absolute atomic E-state index is 11.3. The van der Waals surface area contributed by atoms with Crippen LogP contribution in [0.25, 0.3) is 0 Å². The average molecular weight is 235 g/mol. The minimum absolute atomic E-state index is 0.109. The van der Waals surface area contributed by atoms with E-state index in [9.17, 15) is 9.59 Å². The summed E-state index contributed by atoms with van der Waals surface area (Å²) in [6.45, 7) is 0.841. The van der Waals surface area contributed by atoms with E-state index in [1.807, 2.05) is 24.1 Å². The number of nitrogens with one attached hydrogen (secondary N) is 1. The molecule has 3 N–H and O–H groups in total. The normalized spacial score (nSPS) is 10.3. The second-order valence-electron chi connectivity index (χ2n) is 3.91. The number of hydrogen-bond donors (Lipinski definition) is 2. The lowest BCUT2D eigenvalue weighted by Gasteiger charge is -2.14. The van der Waals surface area contributed by atoms with Gasteiger partial charge in [-0.1, -0.05) is 12.1 Å². The monoisotopic (exact) mass is 235 g/mol. The minimum atomic E-state index is -0.352. The fourth-order valence-electron chi connectivity index (χ4n) is 1.54. The molecule has 0 radical (unpaired) electrons. The molecular formula is C12H17N3O2. The number of nitrogens with two attached hydrogens (primary N) is 1. The summed E-state index contributed by atoms with van der Waals surface area (Å²) in [6, 6.07) is 7.24. The number of primary amides is 1. The van der Waals surface area contributed by atoms with E-state index < -0.39 is 0 Å².